The highest BCUT2D eigenvalue weighted by atomic mass is 32.1. The van der Waals surface area contributed by atoms with Crippen LogP contribution in [0, 0.1) is 11.3 Å². The van der Waals surface area contributed by atoms with E-state index in [9.17, 15) is 10.1 Å². The van der Waals surface area contributed by atoms with Crippen molar-refractivity contribution in [1.29, 1.82) is 5.26 Å². The summed E-state index contributed by atoms with van der Waals surface area (Å²) in [6, 6.07) is 14.7. The lowest BCUT2D eigenvalue weighted by Gasteiger charge is -2.22. The third kappa shape index (κ3) is 8.01. The zero-order valence-corrected chi connectivity index (χ0v) is 19.5. The molecule has 0 aliphatic carbocycles. The molecule has 5 nitrogen and oxygen atoms in total. The number of hydrogen-bond acceptors (Lipinski definition) is 5. The van der Waals surface area contributed by atoms with Crippen molar-refractivity contribution < 1.29 is 14.3 Å². The normalized spacial score (nSPS) is 12.2. The average molecular weight is 431 g/mol. The summed E-state index contributed by atoms with van der Waals surface area (Å²) in [6.45, 7) is 8.16. The molecule has 156 valence electrons. The summed E-state index contributed by atoms with van der Waals surface area (Å²) in [7, 11) is 0.538. The summed E-state index contributed by atoms with van der Waals surface area (Å²) in [5.74, 6) is 0. The SMILES string of the molecule is CN(CCC(OCc1ccccc1C#N)c1cccs1)C(=O)OCC[Si](C)(C)C. The number of carbonyl (C=O) groups excluding carboxylic acids is 1. The summed E-state index contributed by atoms with van der Waals surface area (Å²) in [5.41, 5.74) is 1.50. The second-order valence-electron chi connectivity index (χ2n) is 8.22. The first-order valence-electron chi connectivity index (χ1n) is 9.81. The molecular formula is C22H30N2O3SSi. The Morgan fingerprint density at radius 2 is 2.00 bits per heavy atom. The van der Waals surface area contributed by atoms with Crippen LogP contribution in [0.25, 0.3) is 0 Å². The molecule has 7 heteroatoms. The molecule has 0 saturated heterocycles. The molecule has 1 unspecified atom stereocenters. The number of nitrogens with zero attached hydrogens (tertiary/aromatic N) is 2. The van der Waals surface area contributed by atoms with Gasteiger partial charge in [-0.05, 0) is 35.5 Å². The highest BCUT2D eigenvalue weighted by molar-refractivity contribution is 7.10. The van der Waals surface area contributed by atoms with Crippen LogP contribution in [-0.2, 0) is 16.1 Å². The van der Waals surface area contributed by atoms with E-state index in [-0.39, 0.29) is 12.2 Å². The van der Waals surface area contributed by atoms with Crippen molar-refractivity contribution >= 4 is 25.5 Å². The topological polar surface area (TPSA) is 62.6 Å². The molecule has 1 aromatic carbocycles. The summed E-state index contributed by atoms with van der Waals surface area (Å²) in [5, 5.41) is 11.3. The van der Waals surface area contributed by atoms with Crippen LogP contribution in [0.2, 0.25) is 25.7 Å². The van der Waals surface area contributed by atoms with E-state index >= 15 is 0 Å². The quantitative estimate of drug-likeness (QED) is 0.455. The molecule has 0 bridgehead atoms. The lowest BCUT2D eigenvalue weighted by Crippen LogP contribution is -2.31. The van der Waals surface area contributed by atoms with Gasteiger partial charge in [0, 0.05) is 26.5 Å². The number of nitriles is 1. The van der Waals surface area contributed by atoms with Gasteiger partial charge in [-0.1, -0.05) is 43.9 Å². The first-order chi connectivity index (χ1) is 13.8. The summed E-state index contributed by atoms with van der Waals surface area (Å²) in [6.07, 6.45) is 0.233. The Morgan fingerprint density at radius 1 is 1.24 bits per heavy atom. The summed E-state index contributed by atoms with van der Waals surface area (Å²) >= 11 is 1.63. The minimum absolute atomic E-state index is 0.140. The van der Waals surface area contributed by atoms with Gasteiger partial charge in [-0.2, -0.15) is 5.26 Å². The molecule has 2 aromatic rings. The monoisotopic (exact) mass is 430 g/mol. The van der Waals surface area contributed by atoms with Crippen molar-refractivity contribution in [2.75, 3.05) is 20.2 Å². The third-order valence-corrected chi connectivity index (χ3v) is 7.22. The van der Waals surface area contributed by atoms with Crippen LogP contribution in [0.15, 0.2) is 41.8 Å². The van der Waals surface area contributed by atoms with E-state index in [1.165, 1.54) is 0 Å². The molecule has 0 fully saturated rings. The van der Waals surface area contributed by atoms with Crippen LogP contribution in [-0.4, -0.2) is 39.3 Å². The second kappa shape index (κ2) is 11.1. The third-order valence-electron chi connectivity index (χ3n) is 4.55. The van der Waals surface area contributed by atoms with Crippen molar-refractivity contribution in [1.82, 2.24) is 4.90 Å². The van der Waals surface area contributed by atoms with Crippen LogP contribution < -0.4 is 0 Å². The van der Waals surface area contributed by atoms with Crippen molar-refractivity contribution in [2.45, 2.75) is 44.8 Å². The zero-order valence-electron chi connectivity index (χ0n) is 17.7. The Kier molecular flexibility index (Phi) is 8.89. The largest absolute Gasteiger partial charge is 0.450 e. The van der Waals surface area contributed by atoms with Gasteiger partial charge in [-0.25, -0.2) is 4.79 Å². The Morgan fingerprint density at radius 3 is 2.66 bits per heavy atom. The van der Waals surface area contributed by atoms with Crippen LogP contribution in [0.3, 0.4) is 0 Å². The number of rotatable bonds is 10. The first kappa shape index (κ1) is 23.1. The van der Waals surface area contributed by atoms with Crippen molar-refractivity contribution in [3.05, 3.63) is 57.8 Å². The molecule has 0 spiro atoms. The number of benzene rings is 1. The molecule has 1 aromatic heterocycles. The van der Waals surface area contributed by atoms with E-state index in [0.29, 0.717) is 31.7 Å². The number of amides is 1. The van der Waals surface area contributed by atoms with Gasteiger partial charge in [0.1, 0.15) is 0 Å². The molecule has 0 aliphatic heterocycles. The number of ether oxygens (including phenoxy) is 2. The highest BCUT2D eigenvalue weighted by Gasteiger charge is 2.19. The average Bonchev–Trinajstić information content (AvgIpc) is 3.21. The molecule has 1 atom stereocenters. The predicted octanol–water partition coefficient (Wildman–Crippen LogP) is 5.67. The van der Waals surface area contributed by atoms with Crippen LogP contribution in [0.5, 0.6) is 0 Å². The number of hydrogen-bond donors (Lipinski definition) is 0. The number of thiophene rings is 1. The van der Waals surface area contributed by atoms with E-state index in [2.05, 4.69) is 25.7 Å². The molecule has 1 amide bonds. The van der Waals surface area contributed by atoms with Gasteiger partial charge in [0.25, 0.3) is 0 Å². The summed E-state index contributed by atoms with van der Waals surface area (Å²) < 4.78 is 11.6. The van der Waals surface area contributed by atoms with Gasteiger partial charge in [0.2, 0.25) is 0 Å². The van der Waals surface area contributed by atoms with Crippen LogP contribution in [0.1, 0.15) is 28.5 Å². The first-order valence-corrected chi connectivity index (χ1v) is 14.4. The van der Waals surface area contributed by atoms with Gasteiger partial charge in [-0.3, -0.25) is 0 Å². The van der Waals surface area contributed by atoms with Gasteiger partial charge in [-0.15, -0.1) is 11.3 Å². The maximum atomic E-state index is 12.2. The van der Waals surface area contributed by atoms with Crippen LogP contribution in [0.4, 0.5) is 4.79 Å². The minimum Gasteiger partial charge on any atom is -0.450 e. The molecule has 0 N–H and O–H groups in total. The number of carbonyl (C=O) groups is 1. The zero-order chi connectivity index (χ0) is 21.3. The lowest BCUT2D eigenvalue weighted by atomic mass is 10.1. The van der Waals surface area contributed by atoms with Crippen molar-refractivity contribution in [3.8, 4) is 6.07 Å². The Labute approximate surface area is 178 Å². The fraction of sp³-hybridized carbons (Fsp3) is 0.455. The van der Waals surface area contributed by atoms with E-state index in [4.69, 9.17) is 9.47 Å². The Balaban J connectivity index is 1.90. The van der Waals surface area contributed by atoms with Gasteiger partial charge in [0.15, 0.2) is 0 Å². The smallest absolute Gasteiger partial charge is 0.409 e. The molecule has 0 radical (unpaired) electrons. The predicted molar refractivity (Wildman–Crippen MR) is 120 cm³/mol. The lowest BCUT2D eigenvalue weighted by molar-refractivity contribution is 0.0295. The minimum atomic E-state index is -1.22. The maximum absolute atomic E-state index is 12.2. The van der Waals surface area contributed by atoms with Gasteiger partial charge in [0.05, 0.1) is 31.0 Å². The van der Waals surface area contributed by atoms with E-state index < -0.39 is 8.07 Å². The van der Waals surface area contributed by atoms with Crippen molar-refractivity contribution in [2.24, 2.45) is 0 Å². The fourth-order valence-corrected chi connectivity index (χ4v) is 4.21. The molecular weight excluding hydrogens is 400 g/mol. The van der Waals surface area contributed by atoms with E-state index in [1.807, 2.05) is 35.7 Å². The Hall–Kier alpha value is -2.14. The highest BCUT2D eigenvalue weighted by Crippen LogP contribution is 2.27. The molecule has 1 heterocycles. The van der Waals surface area contributed by atoms with Crippen LogP contribution >= 0.6 is 11.3 Å². The standard InChI is InChI=1S/C22H30N2O3SSi/c1-24(22(25)26-13-15-29(2,3)4)12-11-20(21-10-7-14-28-21)27-17-19-9-6-5-8-18(19)16-23/h5-10,14,20H,11-13,15,17H2,1-4H3. The molecule has 2 rings (SSSR count). The van der Waals surface area contributed by atoms with Gasteiger partial charge >= 0.3 is 6.09 Å². The van der Waals surface area contributed by atoms with E-state index in [1.54, 1.807) is 29.4 Å². The molecule has 29 heavy (non-hydrogen) atoms. The Bertz CT molecular complexity index is 812. The van der Waals surface area contributed by atoms with Crippen molar-refractivity contribution in [3.63, 3.8) is 0 Å². The second-order valence-corrected chi connectivity index (χ2v) is 14.8. The maximum Gasteiger partial charge on any atom is 0.409 e. The molecule has 0 aliphatic rings. The van der Waals surface area contributed by atoms with Gasteiger partial charge < -0.3 is 14.4 Å². The fourth-order valence-electron chi connectivity index (χ4n) is 2.68. The molecule has 0 saturated carbocycles. The van der Waals surface area contributed by atoms with E-state index in [0.717, 1.165) is 16.5 Å². The summed E-state index contributed by atoms with van der Waals surface area (Å²) in [4.78, 5) is 15.0.